The normalized spacial score (nSPS) is 33.1. The quantitative estimate of drug-likeness (QED) is 0.647. The molecule has 1 rings (SSSR count). The lowest BCUT2D eigenvalue weighted by atomic mass is 9.96. The van der Waals surface area contributed by atoms with E-state index in [4.69, 9.17) is 14.2 Å². The Kier molecular flexibility index (Phi) is 5.46. The molecule has 1 heterocycles. The van der Waals surface area contributed by atoms with E-state index in [-0.39, 0.29) is 0 Å². The highest BCUT2D eigenvalue weighted by atomic mass is 16.7. The van der Waals surface area contributed by atoms with E-state index in [2.05, 4.69) is 5.32 Å². The predicted octanol–water partition coefficient (Wildman–Crippen LogP) is -0.908. The zero-order valence-corrected chi connectivity index (χ0v) is 11.8. The fourth-order valence-electron chi connectivity index (χ4n) is 2.11. The van der Waals surface area contributed by atoms with Crippen molar-refractivity contribution in [1.82, 2.24) is 5.32 Å². The maximum absolute atomic E-state index is 11.3. The van der Waals surface area contributed by atoms with Crippen LogP contribution in [-0.2, 0) is 28.6 Å². The van der Waals surface area contributed by atoms with Crippen LogP contribution < -0.4 is 5.32 Å². The lowest BCUT2D eigenvalue weighted by molar-refractivity contribution is -0.261. The van der Waals surface area contributed by atoms with Gasteiger partial charge in [-0.3, -0.25) is 14.4 Å². The fourth-order valence-corrected chi connectivity index (χ4v) is 2.11. The first-order valence-corrected chi connectivity index (χ1v) is 6.17. The second-order valence-corrected chi connectivity index (χ2v) is 4.61. The van der Waals surface area contributed by atoms with Gasteiger partial charge in [0.25, 0.3) is 0 Å². The van der Waals surface area contributed by atoms with E-state index in [1.165, 1.54) is 13.8 Å². The first-order valence-electron chi connectivity index (χ1n) is 6.17. The van der Waals surface area contributed by atoms with Crippen LogP contribution in [0.25, 0.3) is 0 Å². The number of aliphatic hydroxyl groups is 1. The molecule has 1 amide bonds. The standard InChI is InChI=1S/C12H19NO7/c1-5-10(19-7(3)15)9(13-6(2)14)11(12(17)18-5)20-8(4)16/h5,9-12,17H,1-4H3,(H,13,14)/t5-,9-,10-,11-,12+/m1/s1. The van der Waals surface area contributed by atoms with E-state index in [1.807, 2.05) is 0 Å². The number of aliphatic hydroxyl groups excluding tert-OH is 1. The van der Waals surface area contributed by atoms with Crippen molar-refractivity contribution in [3.63, 3.8) is 0 Å². The minimum Gasteiger partial charge on any atom is -0.457 e. The molecule has 0 bridgehead atoms. The number of esters is 2. The van der Waals surface area contributed by atoms with Gasteiger partial charge in [0.2, 0.25) is 5.91 Å². The van der Waals surface area contributed by atoms with Gasteiger partial charge in [-0.05, 0) is 6.92 Å². The Labute approximate surface area is 116 Å². The van der Waals surface area contributed by atoms with Crippen LogP contribution >= 0.6 is 0 Å². The molecule has 0 unspecified atom stereocenters. The summed E-state index contributed by atoms with van der Waals surface area (Å²) in [7, 11) is 0. The zero-order valence-electron chi connectivity index (χ0n) is 11.8. The van der Waals surface area contributed by atoms with E-state index in [1.54, 1.807) is 6.92 Å². The molecular weight excluding hydrogens is 270 g/mol. The van der Waals surface area contributed by atoms with E-state index in [9.17, 15) is 19.5 Å². The van der Waals surface area contributed by atoms with Crippen molar-refractivity contribution >= 4 is 17.8 Å². The molecule has 1 fully saturated rings. The molecule has 0 saturated carbocycles. The second-order valence-electron chi connectivity index (χ2n) is 4.61. The highest BCUT2D eigenvalue weighted by Gasteiger charge is 2.48. The molecule has 0 radical (unpaired) electrons. The molecule has 114 valence electrons. The molecular formula is C12H19NO7. The number of carbonyl (C=O) groups excluding carboxylic acids is 3. The number of rotatable bonds is 3. The molecule has 1 aliphatic heterocycles. The van der Waals surface area contributed by atoms with Crippen LogP contribution in [0.3, 0.4) is 0 Å². The molecule has 8 heteroatoms. The van der Waals surface area contributed by atoms with Crippen LogP contribution in [0.5, 0.6) is 0 Å². The maximum atomic E-state index is 11.3. The summed E-state index contributed by atoms with van der Waals surface area (Å²) in [6, 6.07) is -0.890. The fraction of sp³-hybridized carbons (Fsp3) is 0.750. The third-order valence-electron chi connectivity index (χ3n) is 2.78. The first kappa shape index (κ1) is 16.4. The summed E-state index contributed by atoms with van der Waals surface area (Å²) in [5.74, 6) is -1.63. The third kappa shape index (κ3) is 4.17. The van der Waals surface area contributed by atoms with Gasteiger partial charge in [-0.2, -0.15) is 0 Å². The Morgan fingerprint density at radius 2 is 1.55 bits per heavy atom. The smallest absolute Gasteiger partial charge is 0.303 e. The summed E-state index contributed by atoms with van der Waals surface area (Å²) in [6.45, 7) is 5.22. The van der Waals surface area contributed by atoms with E-state index in [0.29, 0.717) is 0 Å². The zero-order chi connectivity index (χ0) is 15.4. The molecule has 0 aromatic heterocycles. The second kappa shape index (κ2) is 6.67. The van der Waals surface area contributed by atoms with Gasteiger partial charge < -0.3 is 24.6 Å². The van der Waals surface area contributed by atoms with E-state index in [0.717, 1.165) is 6.92 Å². The van der Waals surface area contributed by atoms with Gasteiger partial charge in [0.15, 0.2) is 18.5 Å². The average Bonchev–Trinajstić information content (AvgIpc) is 2.27. The van der Waals surface area contributed by atoms with E-state index < -0.39 is 48.5 Å². The Hall–Kier alpha value is -1.67. The molecule has 0 spiro atoms. The molecule has 0 aliphatic carbocycles. The average molecular weight is 289 g/mol. The Morgan fingerprint density at radius 3 is 2.00 bits per heavy atom. The Bertz CT molecular complexity index is 369. The summed E-state index contributed by atoms with van der Waals surface area (Å²) < 4.78 is 15.2. The minimum atomic E-state index is -1.42. The first-order chi connectivity index (χ1) is 9.22. The van der Waals surface area contributed by atoms with Gasteiger partial charge in [-0.25, -0.2) is 0 Å². The Balaban J connectivity index is 3.01. The summed E-state index contributed by atoms with van der Waals surface area (Å²) in [5, 5.41) is 12.4. The van der Waals surface area contributed by atoms with Gasteiger partial charge in [-0.15, -0.1) is 0 Å². The summed E-state index contributed by atoms with van der Waals surface area (Å²) in [6.07, 6.45) is -4.11. The molecule has 2 N–H and O–H groups in total. The highest BCUT2D eigenvalue weighted by molar-refractivity contribution is 5.74. The number of amides is 1. The van der Waals surface area contributed by atoms with Crippen LogP contribution in [0.15, 0.2) is 0 Å². The predicted molar refractivity (Wildman–Crippen MR) is 65.3 cm³/mol. The number of hydrogen-bond acceptors (Lipinski definition) is 7. The molecule has 5 atom stereocenters. The number of carbonyl (C=O) groups is 3. The minimum absolute atomic E-state index is 0.411. The molecule has 20 heavy (non-hydrogen) atoms. The summed E-state index contributed by atoms with van der Waals surface area (Å²) >= 11 is 0. The lowest BCUT2D eigenvalue weighted by Crippen LogP contribution is -2.65. The largest absolute Gasteiger partial charge is 0.457 e. The van der Waals surface area contributed by atoms with Crippen molar-refractivity contribution < 1.29 is 33.7 Å². The number of ether oxygens (including phenoxy) is 3. The molecule has 8 nitrogen and oxygen atoms in total. The van der Waals surface area contributed by atoms with Crippen LogP contribution in [0, 0.1) is 0 Å². The van der Waals surface area contributed by atoms with Crippen LogP contribution in [0.4, 0.5) is 0 Å². The van der Waals surface area contributed by atoms with Crippen molar-refractivity contribution in [2.24, 2.45) is 0 Å². The van der Waals surface area contributed by atoms with Crippen LogP contribution in [0.2, 0.25) is 0 Å². The van der Waals surface area contributed by atoms with Gasteiger partial charge in [0, 0.05) is 20.8 Å². The van der Waals surface area contributed by atoms with Gasteiger partial charge in [-0.1, -0.05) is 0 Å². The monoisotopic (exact) mass is 289 g/mol. The third-order valence-corrected chi connectivity index (χ3v) is 2.78. The summed E-state index contributed by atoms with van der Waals surface area (Å²) in [5.41, 5.74) is 0. The van der Waals surface area contributed by atoms with Gasteiger partial charge >= 0.3 is 11.9 Å². The van der Waals surface area contributed by atoms with Crippen molar-refractivity contribution in [3.8, 4) is 0 Å². The van der Waals surface area contributed by atoms with Crippen LogP contribution in [-0.4, -0.2) is 53.6 Å². The topological polar surface area (TPSA) is 111 Å². The molecule has 0 aromatic carbocycles. The maximum Gasteiger partial charge on any atom is 0.303 e. The van der Waals surface area contributed by atoms with Crippen molar-refractivity contribution in [1.29, 1.82) is 0 Å². The van der Waals surface area contributed by atoms with Gasteiger partial charge in [0.1, 0.15) is 6.04 Å². The Morgan fingerprint density at radius 1 is 1.05 bits per heavy atom. The van der Waals surface area contributed by atoms with Crippen molar-refractivity contribution in [2.45, 2.75) is 58.3 Å². The van der Waals surface area contributed by atoms with E-state index >= 15 is 0 Å². The SMILES string of the molecule is CC(=O)N[C@H]1[C@@H](OC(C)=O)[C@@H](O)O[C@H](C)[C@H]1OC(C)=O. The lowest BCUT2D eigenvalue weighted by Gasteiger charge is -2.42. The molecule has 1 saturated heterocycles. The summed E-state index contributed by atoms with van der Waals surface area (Å²) in [4.78, 5) is 33.5. The molecule has 1 aliphatic rings. The number of nitrogens with one attached hydrogen (secondary N) is 1. The number of hydrogen-bond donors (Lipinski definition) is 2. The van der Waals surface area contributed by atoms with Crippen LogP contribution in [0.1, 0.15) is 27.7 Å². The molecule has 0 aromatic rings. The van der Waals surface area contributed by atoms with Crippen molar-refractivity contribution in [2.75, 3.05) is 0 Å². The van der Waals surface area contributed by atoms with Crippen molar-refractivity contribution in [3.05, 3.63) is 0 Å². The van der Waals surface area contributed by atoms with Gasteiger partial charge in [0.05, 0.1) is 6.10 Å². The highest BCUT2D eigenvalue weighted by Crippen LogP contribution is 2.25.